The van der Waals surface area contributed by atoms with Crippen LogP contribution in [0.25, 0.3) is 22.3 Å². The molecule has 0 unspecified atom stereocenters. The highest BCUT2D eigenvalue weighted by Crippen LogP contribution is 2.44. The molecule has 0 atom stereocenters. The molecule has 0 radical (unpaired) electrons. The first kappa shape index (κ1) is 26.1. The lowest BCUT2D eigenvalue weighted by Gasteiger charge is -2.14. The number of aliphatic carboxylic acids is 1. The van der Waals surface area contributed by atoms with Crippen LogP contribution in [0.4, 0.5) is 0 Å². The lowest BCUT2D eigenvalue weighted by molar-refractivity contribution is -0.137. The Morgan fingerprint density at radius 1 is 0.944 bits per heavy atom. The monoisotopic (exact) mass is 496 g/mol. The molecule has 0 aliphatic carbocycles. The van der Waals surface area contributed by atoms with Crippen LogP contribution in [0.15, 0.2) is 52.2 Å². The Hall–Kier alpha value is -4.47. The number of furan rings is 1. The number of nitrogens with one attached hydrogen (secondary N) is 1. The number of benzene rings is 2. The van der Waals surface area contributed by atoms with Gasteiger partial charge in [0.1, 0.15) is 5.75 Å². The molecule has 0 saturated heterocycles. The molecule has 3 rings (SSSR count). The van der Waals surface area contributed by atoms with Crippen LogP contribution in [-0.4, -0.2) is 51.6 Å². The maximum Gasteiger partial charge on any atom is 0.303 e. The highest BCUT2D eigenvalue weighted by atomic mass is 16.5. The van der Waals surface area contributed by atoms with Crippen LogP contribution in [0.2, 0.25) is 0 Å². The third-order valence-corrected chi connectivity index (χ3v) is 5.34. The summed E-state index contributed by atoms with van der Waals surface area (Å²) in [4.78, 5) is 22.6. The highest BCUT2D eigenvalue weighted by molar-refractivity contribution is 5.96. The molecule has 2 aromatic carbocycles. The molecule has 10 heteroatoms. The van der Waals surface area contributed by atoms with E-state index in [9.17, 15) is 9.59 Å². The number of methoxy groups -OCH3 is 4. The molecule has 36 heavy (non-hydrogen) atoms. The summed E-state index contributed by atoms with van der Waals surface area (Å²) in [5.74, 6) is 1.18. The fraction of sp³-hybridized carbons (Fsp3) is 0.269. The maximum absolute atomic E-state index is 12.0. The van der Waals surface area contributed by atoms with E-state index in [0.29, 0.717) is 28.8 Å². The lowest BCUT2D eigenvalue weighted by atomic mass is 9.96. The normalized spacial score (nSPS) is 10.8. The van der Waals surface area contributed by atoms with Gasteiger partial charge in [-0.15, -0.1) is 0 Å². The smallest absolute Gasteiger partial charge is 0.303 e. The van der Waals surface area contributed by atoms with Gasteiger partial charge in [-0.3, -0.25) is 9.59 Å². The van der Waals surface area contributed by atoms with Crippen LogP contribution < -0.4 is 24.4 Å². The van der Waals surface area contributed by atoms with Crippen molar-refractivity contribution in [3.63, 3.8) is 0 Å². The minimum absolute atomic E-state index is 0.0455. The number of carbonyl (C=O) groups is 2. The summed E-state index contributed by atoms with van der Waals surface area (Å²) in [5.41, 5.74) is 5.42. The van der Waals surface area contributed by atoms with Crippen LogP contribution in [0.3, 0.4) is 0 Å². The topological polar surface area (TPSA) is 129 Å². The summed E-state index contributed by atoms with van der Waals surface area (Å²) < 4.78 is 27.5. The van der Waals surface area contributed by atoms with Gasteiger partial charge in [-0.1, -0.05) is 12.1 Å². The predicted molar refractivity (Wildman–Crippen MR) is 133 cm³/mol. The van der Waals surface area contributed by atoms with Crippen molar-refractivity contribution in [1.82, 2.24) is 5.43 Å². The third-order valence-electron chi connectivity index (χ3n) is 5.34. The first-order chi connectivity index (χ1) is 17.4. The quantitative estimate of drug-likeness (QED) is 0.280. The van der Waals surface area contributed by atoms with Crippen molar-refractivity contribution in [2.24, 2.45) is 5.10 Å². The van der Waals surface area contributed by atoms with Crippen LogP contribution in [-0.2, 0) is 9.59 Å². The van der Waals surface area contributed by atoms with Crippen molar-refractivity contribution in [3.05, 3.63) is 48.4 Å². The van der Waals surface area contributed by atoms with Gasteiger partial charge in [0.2, 0.25) is 11.7 Å². The predicted octanol–water partition coefficient (Wildman–Crippen LogP) is 4.35. The number of hydrogen-bond acceptors (Lipinski definition) is 8. The molecule has 1 heterocycles. The summed E-state index contributed by atoms with van der Waals surface area (Å²) in [6.45, 7) is 0. The average Bonchev–Trinajstić information content (AvgIpc) is 3.31. The first-order valence-electron chi connectivity index (χ1n) is 11.0. The van der Waals surface area contributed by atoms with E-state index in [0.717, 1.165) is 22.3 Å². The molecule has 1 amide bonds. The molecule has 0 saturated carbocycles. The van der Waals surface area contributed by atoms with E-state index >= 15 is 0 Å². The van der Waals surface area contributed by atoms with Crippen LogP contribution in [0, 0.1) is 0 Å². The van der Waals surface area contributed by atoms with Gasteiger partial charge in [0, 0.05) is 24.0 Å². The summed E-state index contributed by atoms with van der Waals surface area (Å²) in [5, 5.41) is 12.7. The second kappa shape index (κ2) is 12.3. The molecule has 1 aromatic heterocycles. The van der Waals surface area contributed by atoms with E-state index in [1.54, 1.807) is 13.4 Å². The van der Waals surface area contributed by atoms with Crippen molar-refractivity contribution in [2.75, 3.05) is 28.4 Å². The van der Waals surface area contributed by atoms with E-state index in [1.165, 1.54) is 27.5 Å². The number of nitrogens with zero attached hydrogens (tertiary/aromatic N) is 1. The van der Waals surface area contributed by atoms with Gasteiger partial charge in [-0.2, -0.15) is 5.10 Å². The Balaban J connectivity index is 2.00. The van der Waals surface area contributed by atoms with Crippen LogP contribution in [0.1, 0.15) is 25.0 Å². The number of rotatable bonds is 12. The lowest BCUT2D eigenvalue weighted by Crippen LogP contribution is -2.17. The Labute approximate surface area is 208 Å². The van der Waals surface area contributed by atoms with E-state index in [2.05, 4.69) is 10.5 Å². The highest BCUT2D eigenvalue weighted by Gasteiger charge is 2.21. The fourth-order valence-electron chi connectivity index (χ4n) is 3.59. The van der Waals surface area contributed by atoms with Crippen molar-refractivity contribution in [2.45, 2.75) is 19.3 Å². The maximum atomic E-state index is 12.0. The summed E-state index contributed by atoms with van der Waals surface area (Å²) in [6.07, 6.45) is 3.16. The average molecular weight is 497 g/mol. The summed E-state index contributed by atoms with van der Waals surface area (Å²) in [6, 6.07) is 11.0. The van der Waals surface area contributed by atoms with E-state index in [1.807, 2.05) is 36.4 Å². The van der Waals surface area contributed by atoms with Crippen molar-refractivity contribution in [3.8, 4) is 45.3 Å². The van der Waals surface area contributed by atoms with Crippen LogP contribution >= 0.6 is 0 Å². The number of ether oxygens (including phenoxy) is 4. The molecule has 10 nitrogen and oxygen atoms in total. The number of hydrogen-bond donors (Lipinski definition) is 2. The SMILES string of the molecule is COc1ccc(-c2c(-c3cc(OC)c(OC)c(OC)c3)coc2/C=N/NC(=O)CCCC(=O)O)cc1. The van der Waals surface area contributed by atoms with Gasteiger partial charge in [0.15, 0.2) is 17.3 Å². The zero-order valence-electron chi connectivity index (χ0n) is 20.5. The minimum atomic E-state index is -0.953. The number of hydrazone groups is 1. The van der Waals surface area contributed by atoms with Gasteiger partial charge in [-0.25, -0.2) is 5.43 Å². The van der Waals surface area contributed by atoms with Gasteiger partial charge in [0.25, 0.3) is 0 Å². The van der Waals surface area contributed by atoms with E-state index in [-0.39, 0.29) is 19.3 Å². The molecular weight excluding hydrogens is 468 g/mol. The molecule has 0 spiro atoms. The van der Waals surface area contributed by atoms with Gasteiger partial charge in [0.05, 0.1) is 40.9 Å². The number of amides is 1. The molecule has 0 aliphatic heterocycles. The van der Waals surface area contributed by atoms with Crippen molar-refractivity contribution in [1.29, 1.82) is 0 Å². The zero-order chi connectivity index (χ0) is 26.1. The van der Waals surface area contributed by atoms with Crippen LogP contribution in [0.5, 0.6) is 23.0 Å². The van der Waals surface area contributed by atoms with Gasteiger partial charge < -0.3 is 28.5 Å². The Bertz CT molecular complexity index is 1210. The Morgan fingerprint density at radius 3 is 2.17 bits per heavy atom. The van der Waals surface area contributed by atoms with Crippen molar-refractivity contribution < 1.29 is 38.1 Å². The largest absolute Gasteiger partial charge is 0.497 e. The zero-order valence-corrected chi connectivity index (χ0v) is 20.5. The molecule has 2 N–H and O–H groups in total. The van der Waals surface area contributed by atoms with Gasteiger partial charge in [-0.05, 0) is 41.8 Å². The molecule has 0 fully saturated rings. The van der Waals surface area contributed by atoms with Gasteiger partial charge >= 0.3 is 5.97 Å². The standard InChI is InChI=1S/C26H28N2O8/c1-32-18-10-8-16(9-11-18)25-19(17-12-20(33-2)26(35-4)21(13-17)34-3)15-36-22(25)14-27-28-23(29)6-5-7-24(30)31/h8-15H,5-7H2,1-4H3,(H,28,29)(H,30,31)/b27-14+. The summed E-state index contributed by atoms with van der Waals surface area (Å²) in [7, 11) is 6.20. The Kier molecular flexibility index (Phi) is 8.93. The minimum Gasteiger partial charge on any atom is -0.497 e. The second-order valence-corrected chi connectivity index (χ2v) is 7.57. The van der Waals surface area contributed by atoms with E-state index in [4.69, 9.17) is 28.5 Å². The number of carbonyl (C=O) groups excluding carboxylic acids is 1. The molecule has 0 bridgehead atoms. The van der Waals surface area contributed by atoms with E-state index < -0.39 is 11.9 Å². The molecule has 0 aliphatic rings. The number of carboxylic acids is 1. The first-order valence-corrected chi connectivity index (χ1v) is 11.0. The van der Waals surface area contributed by atoms with Crippen molar-refractivity contribution >= 4 is 18.1 Å². The Morgan fingerprint density at radius 2 is 1.61 bits per heavy atom. The number of carboxylic acid groups (broad SMARTS) is 1. The third kappa shape index (κ3) is 6.15. The second-order valence-electron chi connectivity index (χ2n) is 7.57. The molecule has 3 aromatic rings. The fourth-order valence-corrected chi connectivity index (χ4v) is 3.59. The molecular formula is C26H28N2O8. The summed E-state index contributed by atoms with van der Waals surface area (Å²) >= 11 is 0. The molecule has 190 valence electrons.